The lowest BCUT2D eigenvalue weighted by Crippen LogP contribution is -2.36. The molecule has 0 aliphatic heterocycles. The van der Waals surface area contributed by atoms with Gasteiger partial charge in [-0.05, 0) is 84.3 Å². The fourth-order valence-electron chi connectivity index (χ4n) is 3.77. The van der Waals surface area contributed by atoms with E-state index in [1.807, 2.05) is 6.07 Å². The fourth-order valence-corrected chi connectivity index (χ4v) is 4.40. The van der Waals surface area contributed by atoms with E-state index in [2.05, 4.69) is 5.32 Å². The van der Waals surface area contributed by atoms with Crippen molar-refractivity contribution >= 4 is 46.5 Å². The van der Waals surface area contributed by atoms with E-state index < -0.39 is 17.8 Å². The van der Waals surface area contributed by atoms with Crippen molar-refractivity contribution in [3.63, 3.8) is 0 Å². The Morgan fingerprint density at radius 3 is 2.26 bits per heavy atom. The smallest absolute Gasteiger partial charge is 0.416 e. The summed E-state index contributed by atoms with van der Waals surface area (Å²) in [6.07, 6.45) is -4.14. The number of carbonyl (C=O) groups is 1. The van der Waals surface area contributed by atoms with Gasteiger partial charge in [-0.2, -0.15) is 13.2 Å². The minimum atomic E-state index is -4.53. The first kappa shape index (κ1) is 28.6. The molecule has 0 bridgehead atoms. The standard InChI is InChI=1S/C29H22Cl3F3N2O2/c30-22-9-11-25(12-10-22)39-26-6-1-3-19(15-26)18-37(14-13-20-7-8-23(31)17-27(20)32)28(38)36-24-5-2-4-21(16-24)29(33,34)35/h1-12,15-17H,13-14,18H2,(H,36,38). The number of halogens is 6. The highest BCUT2D eigenvalue weighted by Gasteiger charge is 2.30. The predicted octanol–water partition coefficient (Wildman–Crippen LogP) is 9.73. The third kappa shape index (κ3) is 8.30. The van der Waals surface area contributed by atoms with Crippen LogP contribution in [0, 0.1) is 0 Å². The van der Waals surface area contributed by atoms with Crippen molar-refractivity contribution in [3.05, 3.63) is 123 Å². The van der Waals surface area contributed by atoms with Gasteiger partial charge in [-0.1, -0.05) is 59.1 Å². The number of urea groups is 1. The molecule has 4 aromatic rings. The highest BCUT2D eigenvalue weighted by molar-refractivity contribution is 6.35. The molecule has 0 aromatic heterocycles. The number of nitrogens with zero attached hydrogens (tertiary/aromatic N) is 1. The predicted molar refractivity (Wildman–Crippen MR) is 149 cm³/mol. The van der Waals surface area contributed by atoms with Crippen LogP contribution in [0.5, 0.6) is 11.5 Å². The van der Waals surface area contributed by atoms with Crippen LogP contribution in [0.1, 0.15) is 16.7 Å². The van der Waals surface area contributed by atoms with Crippen molar-refractivity contribution in [2.75, 3.05) is 11.9 Å². The highest BCUT2D eigenvalue weighted by atomic mass is 35.5. The van der Waals surface area contributed by atoms with Gasteiger partial charge in [-0.15, -0.1) is 0 Å². The van der Waals surface area contributed by atoms with Crippen LogP contribution < -0.4 is 10.1 Å². The summed E-state index contributed by atoms with van der Waals surface area (Å²) < 4.78 is 45.4. The van der Waals surface area contributed by atoms with E-state index in [9.17, 15) is 18.0 Å². The van der Waals surface area contributed by atoms with E-state index in [-0.39, 0.29) is 18.8 Å². The van der Waals surface area contributed by atoms with Gasteiger partial charge in [0.05, 0.1) is 5.56 Å². The molecule has 4 aromatic carbocycles. The van der Waals surface area contributed by atoms with Crippen molar-refractivity contribution < 1.29 is 22.7 Å². The topological polar surface area (TPSA) is 41.6 Å². The van der Waals surface area contributed by atoms with E-state index in [0.717, 1.165) is 23.3 Å². The van der Waals surface area contributed by atoms with Crippen molar-refractivity contribution in [2.45, 2.75) is 19.1 Å². The van der Waals surface area contributed by atoms with E-state index in [1.54, 1.807) is 60.7 Å². The zero-order valence-electron chi connectivity index (χ0n) is 20.3. The summed E-state index contributed by atoms with van der Waals surface area (Å²) in [6.45, 7) is 0.391. The largest absolute Gasteiger partial charge is 0.457 e. The van der Waals surface area contributed by atoms with Crippen molar-refractivity contribution in [1.29, 1.82) is 0 Å². The lowest BCUT2D eigenvalue weighted by molar-refractivity contribution is -0.137. The van der Waals surface area contributed by atoms with E-state index in [4.69, 9.17) is 39.5 Å². The molecule has 0 spiro atoms. The van der Waals surface area contributed by atoms with Crippen LogP contribution in [-0.4, -0.2) is 17.5 Å². The van der Waals surface area contributed by atoms with Crippen LogP contribution in [0.15, 0.2) is 91.0 Å². The van der Waals surface area contributed by atoms with Crippen LogP contribution in [0.2, 0.25) is 15.1 Å². The minimum absolute atomic E-state index is 0.0316. The number of rotatable bonds is 8. The first-order chi connectivity index (χ1) is 18.6. The van der Waals surface area contributed by atoms with Crippen LogP contribution in [0.4, 0.5) is 23.7 Å². The zero-order chi connectivity index (χ0) is 28.0. The molecular formula is C29H22Cl3F3N2O2. The third-order valence-electron chi connectivity index (χ3n) is 5.72. The third-order valence-corrected chi connectivity index (χ3v) is 6.55. The maximum absolute atomic E-state index is 13.3. The molecule has 0 fully saturated rings. The van der Waals surface area contributed by atoms with Crippen LogP contribution in [0.25, 0.3) is 0 Å². The lowest BCUT2D eigenvalue weighted by atomic mass is 10.1. The summed E-state index contributed by atoms with van der Waals surface area (Å²) in [7, 11) is 0. The molecule has 39 heavy (non-hydrogen) atoms. The Labute approximate surface area is 238 Å². The molecule has 0 unspecified atom stereocenters. The number of anilines is 1. The number of alkyl halides is 3. The maximum atomic E-state index is 13.3. The molecule has 0 heterocycles. The van der Waals surface area contributed by atoms with E-state index in [1.165, 1.54) is 17.0 Å². The summed E-state index contributed by atoms with van der Waals surface area (Å²) in [5.74, 6) is 1.14. The molecule has 2 amide bonds. The van der Waals surface area contributed by atoms with Gasteiger partial charge in [0.2, 0.25) is 0 Å². The SMILES string of the molecule is O=C(Nc1cccc(C(F)(F)F)c1)N(CCc1ccc(Cl)cc1Cl)Cc1cccc(Oc2ccc(Cl)cc2)c1. The Kier molecular flexibility index (Phi) is 9.28. The number of hydrogen-bond acceptors (Lipinski definition) is 2. The van der Waals surface area contributed by atoms with E-state index >= 15 is 0 Å². The normalized spacial score (nSPS) is 11.2. The molecule has 0 saturated carbocycles. The lowest BCUT2D eigenvalue weighted by Gasteiger charge is -2.24. The average molecular weight is 594 g/mol. The van der Waals surface area contributed by atoms with Gasteiger partial charge >= 0.3 is 12.2 Å². The Morgan fingerprint density at radius 2 is 1.54 bits per heavy atom. The van der Waals surface area contributed by atoms with Gasteiger partial charge in [0.15, 0.2) is 0 Å². The Balaban J connectivity index is 1.54. The molecule has 0 saturated heterocycles. The number of benzene rings is 4. The molecule has 202 valence electrons. The van der Waals surface area contributed by atoms with Gasteiger partial charge in [-0.25, -0.2) is 4.79 Å². The minimum Gasteiger partial charge on any atom is -0.457 e. The average Bonchev–Trinajstić information content (AvgIpc) is 2.88. The van der Waals surface area contributed by atoms with E-state index in [0.29, 0.717) is 33.0 Å². The molecule has 10 heteroatoms. The molecule has 1 N–H and O–H groups in total. The Bertz CT molecular complexity index is 1450. The first-order valence-electron chi connectivity index (χ1n) is 11.8. The van der Waals surface area contributed by atoms with Crippen molar-refractivity contribution in [3.8, 4) is 11.5 Å². The van der Waals surface area contributed by atoms with Crippen LogP contribution in [-0.2, 0) is 19.1 Å². The molecular weight excluding hydrogens is 572 g/mol. The second-order valence-corrected chi connectivity index (χ2v) is 9.90. The van der Waals surface area contributed by atoms with Gasteiger partial charge < -0.3 is 15.0 Å². The number of nitrogens with one attached hydrogen (secondary N) is 1. The Morgan fingerprint density at radius 1 is 0.821 bits per heavy atom. The monoisotopic (exact) mass is 592 g/mol. The molecule has 0 aliphatic rings. The van der Waals surface area contributed by atoms with Crippen molar-refractivity contribution in [2.24, 2.45) is 0 Å². The number of carbonyl (C=O) groups excluding carboxylic acids is 1. The van der Waals surface area contributed by atoms with Crippen LogP contribution >= 0.6 is 34.8 Å². The van der Waals surface area contributed by atoms with Crippen molar-refractivity contribution in [1.82, 2.24) is 4.90 Å². The second-order valence-electron chi connectivity index (χ2n) is 8.62. The molecule has 0 atom stereocenters. The number of ether oxygens (including phenoxy) is 1. The quantitative estimate of drug-likeness (QED) is 0.221. The summed E-state index contributed by atoms with van der Waals surface area (Å²) in [5.41, 5.74) is 0.705. The zero-order valence-corrected chi connectivity index (χ0v) is 22.6. The summed E-state index contributed by atoms with van der Waals surface area (Å²) in [4.78, 5) is 14.8. The molecule has 4 rings (SSSR count). The molecule has 0 aliphatic carbocycles. The van der Waals surface area contributed by atoms with Gasteiger partial charge in [0.1, 0.15) is 11.5 Å². The summed E-state index contributed by atoms with van der Waals surface area (Å²) in [6, 6.07) is 23.1. The maximum Gasteiger partial charge on any atom is 0.416 e. The first-order valence-corrected chi connectivity index (χ1v) is 12.9. The fraction of sp³-hybridized carbons (Fsp3) is 0.138. The Hall–Kier alpha value is -3.39. The van der Waals surface area contributed by atoms with Gasteiger partial charge in [0.25, 0.3) is 0 Å². The number of hydrogen-bond donors (Lipinski definition) is 1. The molecule has 0 radical (unpaired) electrons. The summed E-state index contributed by atoms with van der Waals surface area (Å²) >= 11 is 18.2. The summed E-state index contributed by atoms with van der Waals surface area (Å²) in [5, 5.41) is 4.11. The molecule has 4 nitrogen and oxygen atoms in total. The van der Waals surface area contributed by atoms with Gasteiger partial charge in [-0.3, -0.25) is 0 Å². The highest BCUT2D eigenvalue weighted by Crippen LogP contribution is 2.31. The second kappa shape index (κ2) is 12.6. The van der Waals surface area contributed by atoms with Gasteiger partial charge in [0, 0.05) is 33.8 Å². The van der Waals surface area contributed by atoms with Crippen LogP contribution in [0.3, 0.4) is 0 Å². The number of amides is 2.